The molecule has 0 saturated carbocycles. The van der Waals surface area contributed by atoms with Crippen molar-refractivity contribution in [2.24, 2.45) is 5.92 Å². The predicted octanol–water partition coefficient (Wildman–Crippen LogP) is 2.27. The Hall–Kier alpha value is -1.83. The molecular weight excluding hydrogens is 331 g/mol. The number of rotatable bonds is 5. The van der Waals surface area contributed by atoms with Crippen LogP contribution in [0.25, 0.3) is 0 Å². The lowest BCUT2D eigenvalue weighted by molar-refractivity contribution is 0.150. The van der Waals surface area contributed by atoms with E-state index in [9.17, 15) is 12.8 Å². The SMILES string of the molecule is COC[C@@H]1CN(S(=O)(=O)c2ccc(F)cc2)C[C@H]1c1ccccn1. The highest BCUT2D eigenvalue weighted by Crippen LogP contribution is 2.34. The molecule has 2 atom stereocenters. The maximum Gasteiger partial charge on any atom is 0.243 e. The predicted molar refractivity (Wildman–Crippen MR) is 87.5 cm³/mol. The molecule has 1 saturated heterocycles. The average Bonchev–Trinajstić information content (AvgIpc) is 3.01. The second-order valence-electron chi connectivity index (χ2n) is 5.85. The Morgan fingerprint density at radius 3 is 2.58 bits per heavy atom. The van der Waals surface area contributed by atoms with Crippen molar-refractivity contribution in [2.45, 2.75) is 10.8 Å². The molecule has 3 rings (SSSR count). The summed E-state index contributed by atoms with van der Waals surface area (Å²) in [5.74, 6) is -0.458. The Balaban J connectivity index is 1.88. The minimum atomic E-state index is -3.66. The Kier molecular flexibility index (Phi) is 4.93. The molecule has 2 aromatic rings. The van der Waals surface area contributed by atoms with Gasteiger partial charge >= 0.3 is 0 Å². The number of halogens is 1. The zero-order chi connectivity index (χ0) is 17.2. The molecule has 0 bridgehead atoms. The van der Waals surface area contributed by atoms with Crippen LogP contribution in [0.15, 0.2) is 53.6 Å². The molecule has 5 nitrogen and oxygen atoms in total. The van der Waals surface area contributed by atoms with E-state index in [0.29, 0.717) is 19.7 Å². The van der Waals surface area contributed by atoms with Crippen molar-refractivity contribution in [1.82, 2.24) is 9.29 Å². The van der Waals surface area contributed by atoms with E-state index in [0.717, 1.165) is 17.8 Å². The van der Waals surface area contributed by atoms with Gasteiger partial charge in [-0.05, 0) is 36.4 Å². The monoisotopic (exact) mass is 350 g/mol. The number of aromatic nitrogens is 1. The summed E-state index contributed by atoms with van der Waals surface area (Å²) in [5, 5.41) is 0. The van der Waals surface area contributed by atoms with Gasteiger partial charge in [-0.25, -0.2) is 12.8 Å². The van der Waals surface area contributed by atoms with Crippen LogP contribution in [0.4, 0.5) is 4.39 Å². The van der Waals surface area contributed by atoms with E-state index in [1.165, 1.54) is 16.4 Å². The van der Waals surface area contributed by atoms with Crippen LogP contribution in [0.1, 0.15) is 11.6 Å². The average molecular weight is 350 g/mol. The first-order chi connectivity index (χ1) is 11.5. The number of benzene rings is 1. The van der Waals surface area contributed by atoms with Gasteiger partial charge < -0.3 is 4.74 Å². The van der Waals surface area contributed by atoms with Crippen LogP contribution in [0.5, 0.6) is 0 Å². The molecule has 0 radical (unpaired) electrons. The molecule has 1 aromatic carbocycles. The summed E-state index contributed by atoms with van der Waals surface area (Å²) in [5.41, 5.74) is 0.858. The highest BCUT2D eigenvalue weighted by molar-refractivity contribution is 7.89. The lowest BCUT2D eigenvalue weighted by Crippen LogP contribution is -2.29. The van der Waals surface area contributed by atoms with Gasteiger partial charge in [-0.2, -0.15) is 4.31 Å². The van der Waals surface area contributed by atoms with E-state index >= 15 is 0 Å². The first-order valence-corrected chi connectivity index (χ1v) is 9.12. The smallest absolute Gasteiger partial charge is 0.243 e. The lowest BCUT2D eigenvalue weighted by Gasteiger charge is -2.16. The molecule has 24 heavy (non-hydrogen) atoms. The third-order valence-electron chi connectivity index (χ3n) is 4.31. The number of methoxy groups -OCH3 is 1. The molecule has 0 amide bonds. The number of ether oxygens (including phenoxy) is 1. The van der Waals surface area contributed by atoms with Gasteiger partial charge in [-0.3, -0.25) is 4.98 Å². The van der Waals surface area contributed by atoms with Crippen molar-refractivity contribution in [2.75, 3.05) is 26.8 Å². The van der Waals surface area contributed by atoms with Gasteiger partial charge in [0.25, 0.3) is 0 Å². The second-order valence-corrected chi connectivity index (χ2v) is 7.79. The zero-order valence-corrected chi connectivity index (χ0v) is 14.1. The molecule has 0 unspecified atom stereocenters. The van der Waals surface area contributed by atoms with Crippen LogP contribution in [0.2, 0.25) is 0 Å². The summed E-state index contributed by atoms with van der Waals surface area (Å²) in [6, 6.07) is 10.5. The second kappa shape index (κ2) is 6.96. The van der Waals surface area contributed by atoms with E-state index in [1.54, 1.807) is 13.3 Å². The van der Waals surface area contributed by atoms with Gasteiger partial charge in [0.1, 0.15) is 5.82 Å². The molecule has 2 heterocycles. The quantitative estimate of drug-likeness (QED) is 0.830. The number of hydrogen-bond donors (Lipinski definition) is 0. The summed E-state index contributed by atoms with van der Waals surface area (Å²) < 4.78 is 45.4. The van der Waals surface area contributed by atoms with Crippen LogP contribution in [-0.4, -0.2) is 44.5 Å². The van der Waals surface area contributed by atoms with Gasteiger partial charge in [0.05, 0.1) is 11.5 Å². The Morgan fingerprint density at radius 2 is 1.96 bits per heavy atom. The van der Waals surface area contributed by atoms with Crippen molar-refractivity contribution >= 4 is 10.0 Å². The molecule has 1 aliphatic heterocycles. The summed E-state index contributed by atoms with van der Waals surface area (Å²) in [6.07, 6.45) is 1.70. The van der Waals surface area contributed by atoms with Crippen molar-refractivity contribution in [1.29, 1.82) is 0 Å². The molecule has 0 aliphatic carbocycles. The minimum absolute atomic E-state index is 0.0265. The molecule has 128 valence electrons. The normalized spacial score (nSPS) is 21.9. The van der Waals surface area contributed by atoms with Crippen LogP contribution >= 0.6 is 0 Å². The van der Waals surface area contributed by atoms with Gasteiger partial charge in [0, 0.05) is 43.9 Å². The molecular formula is C17H19FN2O3S. The van der Waals surface area contributed by atoms with Crippen molar-refractivity contribution in [3.63, 3.8) is 0 Å². The van der Waals surface area contributed by atoms with Crippen molar-refractivity contribution < 1.29 is 17.5 Å². The molecule has 1 aliphatic rings. The lowest BCUT2D eigenvalue weighted by atomic mass is 9.93. The molecule has 0 spiro atoms. The van der Waals surface area contributed by atoms with Gasteiger partial charge in [-0.1, -0.05) is 6.07 Å². The topological polar surface area (TPSA) is 59.5 Å². The summed E-state index contributed by atoms with van der Waals surface area (Å²) in [7, 11) is -2.06. The third-order valence-corrected chi connectivity index (χ3v) is 6.15. The molecule has 7 heteroatoms. The first-order valence-electron chi connectivity index (χ1n) is 7.68. The van der Waals surface area contributed by atoms with Crippen LogP contribution < -0.4 is 0 Å². The van der Waals surface area contributed by atoms with E-state index in [2.05, 4.69) is 4.98 Å². The number of sulfonamides is 1. The fourth-order valence-electron chi connectivity index (χ4n) is 3.10. The first kappa shape index (κ1) is 17.0. The maximum atomic E-state index is 13.1. The number of hydrogen-bond acceptors (Lipinski definition) is 4. The number of nitrogens with zero attached hydrogens (tertiary/aromatic N) is 2. The highest BCUT2D eigenvalue weighted by Gasteiger charge is 2.40. The fourth-order valence-corrected chi connectivity index (χ4v) is 4.62. The van der Waals surface area contributed by atoms with Gasteiger partial charge in [-0.15, -0.1) is 0 Å². The van der Waals surface area contributed by atoms with E-state index in [1.807, 2.05) is 18.2 Å². The summed E-state index contributed by atoms with van der Waals surface area (Å²) in [4.78, 5) is 4.47. The van der Waals surface area contributed by atoms with Crippen LogP contribution in [0.3, 0.4) is 0 Å². The van der Waals surface area contributed by atoms with E-state index in [-0.39, 0.29) is 16.7 Å². The van der Waals surface area contributed by atoms with E-state index < -0.39 is 15.8 Å². The Labute approximate surface area is 141 Å². The third kappa shape index (κ3) is 3.33. The van der Waals surface area contributed by atoms with Crippen LogP contribution in [0, 0.1) is 11.7 Å². The summed E-state index contributed by atoms with van der Waals surface area (Å²) in [6.45, 7) is 1.15. The van der Waals surface area contributed by atoms with Crippen molar-refractivity contribution in [3.8, 4) is 0 Å². The molecule has 1 aromatic heterocycles. The van der Waals surface area contributed by atoms with Crippen LogP contribution in [-0.2, 0) is 14.8 Å². The number of pyridine rings is 1. The van der Waals surface area contributed by atoms with Gasteiger partial charge in [0.2, 0.25) is 10.0 Å². The summed E-state index contributed by atoms with van der Waals surface area (Å²) >= 11 is 0. The fraction of sp³-hybridized carbons (Fsp3) is 0.353. The highest BCUT2D eigenvalue weighted by atomic mass is 32.2. The van der Waals surface area contributed by atoms with Crippen molar-refractivity contribution in [3.05, 3.63) is 60.2 Å². The molecule has 1 fully saturated rings. The Bertz CT molecular complexity index is 781. The van der Waals surface area contributed by atoms with E-state index in [4.69, 9.17) is 4.74 Å². The Morgan fingerprint density at radius 1 is 1.21 bits per heavy atom. The minimum Gasteiger partial charge on any atom is -0.384 e. The zero-order valence-electron chi connectivity index (χ0n) is 13.3. The van der Waals surface area contributed by atoms with Gasteiger partial charge in [0.15, 0.2) is 0 Å². The maximum absolute atomic E-state index is 13.1. The standard InChI is InChI=1S/C17H19FN2O3S/c1-23-12-13-10-20(11-16(13)17-4-2-3-9-19-17)24(21,22)15-7-5-14(18)6-8-15/h2-9,13,16H,10-12H2,1H3/t13-,16+/m0/s1. The molecule has 0 N–H and O–H groups in total. The largest absolute Gasteiger partial charge is 0.384 e.